The van der Waals surface area contributed by atoms with Crippen molar-refractivity contribution < 1.29 is 92.7 Å². The summed E-state index contributed by atoms with van der Waals surface area (Å²) in [5.74, 6) is 0. The van der Waals surface area contributed by atoms with Crippen LogP contribution in [0.3, 0.4) is 0 Å². The quantitative estimate of drug-likeness (QED) is 0.227. The summed E-state index contributed by atoms with van der Waals surface area (Å²) in [5.41, 5.74) is 0. The Labute approximate surface area is 680 Å². The molecule has 0 saturated heterocycles. The molecule has 0 unspecified atom stereocenters. The van der Waals surface area contributed by atoms with Gasteiger partial charge in [0.15, 0.2) is 0 Å². The van der Waals surface area contributed by atoms with Gasteiger partial charge < -0.3 is 0 Å². The highest BCUT2D eigenvalue weighted by Gasteiger charge is 0.000442. The lowest BCUT2D eigenvalue weighted by Gasteiger charge is -0.0786. The first kappa shape index (κ1) is 0. The fourth-order valence-electron chi connectivity index (χ4n) is 0. The van der Waals surface area contributed by atoms with Crippen LogP contribution in [-0.4, -0.2) is 0 Å². The maximum atomic E-state index is 0. The zero-order valence-corrected chi connectivity index (χ0v) is 0. The van der Waals surface area contributed by atoms with Crippen molar-refractivity contribution in [3.63, 3.8) is 0 Å². The Morgan fingerprint density at radius 2 is 0.0253 bits per heavy atom. The van der Waals surface area contributed by atoms with Gasteiger partial charge in [-0.05, 0) is 0 Å². The predicted octanol–water partition coefficient (Wildman–Crippen LogP) is 66.2. The minimum absolute atomic E-state index is 0. The van der Waals surface area contributed by atoms with Gasteiger partial charge in [0.25, 0.3) is 0 Å². The highest BCUT2D eigenvalue weighted by atomic mass is 12.1. The maximum Gasteiger partial charge on any atom is 0 e. The van der Waals surface area contributed by atoms with Crippen molar-refractivity contribution in [2.45, 2.75) is 587 Å². The van der Waals surface area contributed by atoms with Gasteiger partial charge in [0.2, 0.25) is 0 Å². The Morgan fingerprint density at radius 1 is 0.0253 bits per heavy atom. The molecule has 79 heavy (non-hydrogen) atoms. The number of hydrogen-bond acceptors (Lipinski definition) is 0. The van der Waals surface area contributed by atoms with E-state index in [1.165, 1.54) is 0 Å². The third-order valence-corrected chi connectivity index (χ3v) is 0. The van der Waals surface area contributed by atoms with Crippen LogP contribution >= 0.6 is 0 Å². The smallest absolute Gasteiger partial charge is 0 e. The first-order chi connectivity index (χ1) is 0. The molecule has 0 aliphatic carbocycles. The second-order valence-electron chi connectivity index (χ2n) is 0. The third kappa shape index (κ3) is 0. The van der Waals surface area contributed by atoms with Crippen molar-refractivity contribution in [3.8, 4) is 0 Å². The summed E-state index contributed by atoms with van der Waals surface area (Å²) >= 11 is 0. The van der Waals surface area contributed by atoms with Crippen molar-refractivity contribution in [2.75, 3.05) is 0 Å². The normalized spacial score (nSPS) is 0. The fourth-order valence-corrected chi connectivity index (χ4v) is 0. The minimum Gasteiger partial charge on any atom is -0.0776 e. The van der Waals surface area contributed by atoms with Gasteiger partial charge in [0.1, 0.15) is 0 Å². The first-order valence-electron chi connectivity index (χ1n) is 0. The van der Waals surface area contributed by atoms with Crippen LogP contribution in [0.5, 0.6) is 0 Å². The molecular weight excluding hydrogens is 949 g/mol. The molecule has 0 nitrogen and oxygen atoms in total. The van der Waals surface area contributed by atoms with Crippen LogP contribution in [0.25, 0.3) is 0 Å². The first-order valence-corrected chi connectivity index (χ1v) is 0. The molecule has 0 bridgehead atoms. The van der Waals surface area contributed by atoms with E-state index in [9.17, 15) is 0 Å². The van der Waals surface area contributed by atoms with Crippen LogP contribution in [0.2, 0.25) is 0 Å². The molecule has 0 aromatic heterocycles. The standard InChI is InChI=1S/79CH4.65H2/h79*1H4;65*1H/i;;;;;;;;;;;;;;;;;;;;;;;;;;;;;;;;;;;;;;;;;;;;;;;;;;;;;;;;;;;;;;;;;;;;;;;;;;;;;;;65*1+2. The molecule has 0 N–H and O–H groups in total. The molecule has 0 rings (SSSR count). The summed E-state index contributed by atoms with van der Waals surface area (Å²) < 4.78 is 0. The SMILES string of the molecule is C.C.C.C.C.C.C.C.C.C.C.C.C.C.C.C.C.C.C.C.C.C.C.C.C.C.C.C.C.C.C.C.C.C.C.C.C.C.C.C.C.C.C.C.C.C.C.C.C.C.C.C.C.C.C.C.C.C.C.C.C.C.C.C.C.C.C.C.C.C.C.C.C.C.C.C.C.C.C.[3HH].[3HH].[3HH].[3HH].[3HH].[3HH].[3HH].[3HH].[3HH].[3HH].[3HH].[3HH].[3HH].[3HH].[3HH].[3HH].[3HH].[3HH].[3HH].[3HH].[3HH].[3HH].[3HH].[3HH].[3HH].[3HH].[3HH].[3HH].[3HH].[3HH].[3HH].[3HH].[3HH].[3HH].[3HH].[3HH].[3HH].[3HH].[3HH].[3HH].[3HH].[3HH].[3HH].[3HH].[3HH].[3HH].[3HH].[3HH].[3HH].[3HH].[3HH].[3HH].[3HH].[3HH].[3HH].[3HH].[3HH].[3HH].[3HH].[3HH].[3HH].[3HH].[3HH].[3HH].[3HH]. The topological polar surface area (TPSA) is 0 Å². The van der Waals surface area contributed by atoms with Gasteiger partial charge in [-0.3, -0.25) is 0 Å². The Kier molecular flexibility index (Phi) is 0. The maximum absolute atomic E-state index is 0. The van der Waals surface area contributed by atoms with E-state index in [0.29, 0.717) is 0 Å². The van der Waals surface area contributed by atoms with Crippen LogP contribution in [0.15, 0.2) is 0 Å². The molecule has 0 saturated carbocycles. The van der Waals surface area contributed by atoms with Crippen LogP contribution in [0.1, 0.15) is 679 Å². The van der Waals surface area contributed by atoms with Crippen molar-refractivity contribution in [1.82, 2.24) is 0 Å². The molecule has 0 aromatic rings. The zero-order valence-electron chi connectivity index (χ0n) is 0. The number of rotatable bonds is 0. The average molecular weight is 1530 g/mol. The van der Waals surface area contributed by atoms with E-state index >= 15 is 0 Å². The second kappa shape index (κ2) is 0. The zero-order chi connectivity index (χ0) is 0. The Hall–Kier alpha value is 0. The second-order valence-corrected chi connectivity index (χ2v) is 0. The number of hydrogen-bond donors (Lipinski definition) is 0. The van der Waals surface area contributed by atoms with E-state index in [4.69, 9.17) is 0 Å². The Morgan fingerprint density at radius 3 is 0.0253 bits per heavy atom. The van der Waals surface area contributed by atoms with Gasteiger partial charge in [-0.2, -0.15) is 0 Å². The molecule has 0 radical (unpaired) electrons. The van der Waals surface area contributed by atoms with E-state index in [2.05, 4.69) is 0 Å². The molecular formula is C79H446. The molecule has 0 aromatic carbocycles. The van der Waals surface area contributed by atoms with Crippen molar-refractivity contribution in [2.24, 2.45) is 0 Å². The third-order valence-electron chi connectivity index (χ3n) is 0. The largest absolute Gasteiger partial charge is 0.0776 e. The summed E-state index contributed by atoms with van der Waals surface area (Å²) in [6, 6.07) is 0. The van der Waals surface area contributed by atoms with Crippen molar-refractivity contribution in [3.05, 3.63) is 0 Å². The van der Waals surface area contributed by atoms with Crippen LogP contribution in [0.4, 0.5) is 0 Å². The van der Waals surface area contributed by atoms with Crippen LogP contribution in [-0.2, 0) is 0 Å². The highest BCUT2D eigenvalue weighted by Crippen LogP contribution is 0.222. The molecule has 0 aliphatic heterocycles. The fraction of sp³-hybridized carbons (Fsp3) is 1.00. The van der Waals surface area contributed by atoms with Gasteiger partial charge in [0, 0.05) is 92.7 Å². The molecule has 0 heteroatoms. The van der Waals surface area contributed by atoms with E-state index in [1.807, 2.05) is 0 Å². The van der Waals surface area contributed by atoms with Gasteiger partial charge in [-0.1, -0.05) is 587 Å². The van der Waals surface area contributed by atoms with Crippen molar-refractivity contribution in [1.29, 1.82) is 0 Å². The van der Waals surface area contributed by atoms with E-state index in [-0.39, 0.29) is 679 Å². The van der Waals surface area contributed by atoms with E-state index in [1.54, 1.807) is 0 Å². The lowest BCUT2D eigenvalue weighted by Crippen LogP contribution is 0.143. The molecule has 0 atom stereocenters. The van der Waals surface area contributed by atoms with Crippen LogP contribution < -0.4 is 0 Å². The lowest BCUT2D eigenvalue weighted by molar-refractivity contribution is 2.50. The molecule has 0 spiro atoms. The van der Waals surface area contributed by atoms with E-state index in [0.717, 1.165) is 0 Å². The van der Waals surface area contributed by atoms with Crippen molar-refractivity contribution >= 4 is 0 Å². The Balaban J connectivity index is 0. The van der Waals surface area contributed by atoms with E-state index < -0.39 is 0 Å². The van der Waals surface area contributed by atoms with Gasteiger partial charge in [0.05, 0.1) is 0 Å². The summed E-state index contributed by atoms with van der Waals surface area (Å²) in [7, 11) is 0. The van der Waals surface area contributed by atoms with Crippen LogP contribution in [0, 0.1) is 0 Å². The summed E-state index contributed by atoms with van der Waals surface area (Å²) in [5, 5.41) is 0. The molecule has 0 aliphatic rings. The summed E-state index contributed by atoms with van der Waals surface area (Å²) in [6.45, 7) is 0. The minimum atomic E-state index is 0. The highest BCUT2D eigenvalue weighted by molar-refractivity contribution is 2.58. The summed E-state index contributed by atoms with van der Waals surface area (Å²) in [6.07, 6.45) is 0. The molecule has 0 fully saturated rings. The van der Waals surface area contributed by atoms with Gasteiger partial charge >= 0.3 is 0 Å². The van der Waals surface area contributed by atoms with Gasteiger partial charge in [-0.25, -0.2) is 0 Å². The average Bonchev–Trinajstić information content (AvgIpc) is 0. The molecule has 0 heterocycles. The monoisotopic (exact) mass is 1530 g/mol. The summed E-state index contributed by atoms with van der Waals surface area (Å²) in [4.78, 5) is 0. The lowest BCUT2D eigenvalue weighted by atomic mass is 12.0. The molecule has 0 amide bonds. The molecule has 762 valence electrons. The Bertz CT molecular complexity index is 143. The van der Waals surface area contributed by atoms with Gasteiger partial charge in [-0.15, -0.1) is 0 Å². The predicted molar refractivity (Wildman–Crippen MR) is 669 cm³/mol.